The van der Waals surface area contributed by atoms with Crippen molar-refractivity contribution in [2.75, 3.05) is 32.8 Å². The fraction of sp³-hybridized carbons (Fsp3) is 0.720. The predicted molar refractivity (Wildman–Crippen MR) is 129 cm³/mol. The summed E-state index contributed by atoms with van der Waals surface area (Å²) >= 11 is 0. The summed E-state index contributed by atoms with van der Waals surface area (Å²) in [6.07, 6.45) is -0.317. The third kappa shape index (κ3) is 5.66. The van der Waals surface area contributed by atoms with Gasteiger partial charge in [0.05, 0.1) is 17.8 Å². The largest absolute Gasteiger partial charge is 0.494 e. The molecule has 4 rings (SSSR count). The zero-order valence-electron chi connectivity index (χ0n) is 21.1. The molecule has 1 saturated carbocycles. The van der Waals surface area contributed by atoms with E-state index in [1.807, 2.05) is 45.0 Å². The third-order valence-electron chi connectivity index (χ3n) is 7.41. The molecule has 1 aromatic rings. The lowest BCUT2D eigenvalue weighted by atomic mass is 9.79. The van der Waals surface area contributed by atoms with E-state index in [1.54, 1.807) is 0 Å². The summed E-state index contributed by atoms with van der Waals surface area (Å²) in [5, 5.41) is 2.84. The average molecular weight is 458 g/mol. The second kappa shape index (κ2) is 8.79. The molecule has 2 saturated heterocycles. The molecule has 1 amide bonds. The molecule has 2 unspecified atom stereocenters. The first-order valence-corrected chi connectivity index (χ1v) is 12.1. The molecule has 1 N–H and O–H groups in total. The summed E-state index contributed by atoms with van der Waals surface area (Å²) in [7, 11) is -0.350. The molecule has 3 aliphatic rings. The Hall–Kier alpha value is -1.77. The van der Waals surface area contributed by atoms with Gasteiger partial charge in [-0.05, 0) is 77.9 Å². The lowest BCUT2D eigenvalue weighted by Gasteiger charge is -2.32. The van der Waals surface area contributed by atoms with E-state index in [9.17, 15) is 4.79 Å². The monoisotopic (exact) mass is 458 g/mol. The minimum atomic E-state index is -0.350. The van der Waals surface area contributed by atoms with Gasteiger partial charge in [0.15, 0.2) is 0 Å². The number of carbonyl (C=O) groups is 1. The van der Waals surface area contributed by atoms with Crippen molar-refractivity contribution in [1.29, 1.82) is 0 Å². The van der Waals surface area contributed by atoms with E-state index in [4.69, 9.17) is 18.8 Å². The summed E-state index contributed by atoms with van der Waals surface area (Å²) in [6.45, 7) is 18.3. The van der Waals surface area contributed by atoms with Crippen LogP contribution >= 0.6 is 0 Å². The number of nitrogens with zero attached hydrogens (tertiary/aromatic N) is 1. The van der Waals surface area contributed by atoms with Gasteiger partial charge in [0.1, 0.15) is 12.4 Å². The fourth-order valence-corrected chi connectivity index (χ4v) is 4.67. The first kappa shape index (κ1) is 24.4. The summed E-state index contributed by atoms with van der Waals surface area (Å²) in [6, 6.07) is 8.00. The number of nitrogens with one attached hydrogen (secondary N) is 1. The highest BCUT2D eigenvalue weighted by atomic mass is 16.7. The third-order valence-corrected chi connectivity index (χ3v) is 7.41. The Morgan fingerprint density at radius 1 is 1.09 bits per heavy atom. The molecule has 3 fully saturated rings. The Morgan fingerprint density at radius 2 is 1.67 bits per heavy atom. The van der Waals surface area contributed by atoms with Gasteiger partial charge in [-0.2, -0.15) is 0 Å². The summed E-state index contributed by atoms with van der Waals surface area (Å²) in [5.74, 6) is 2.66. The minimum Gasteiger partial charge on any atom is -0.492 e. The van der Waals surface area contributed by atoms with E-state index >= 15 is 0 Å². The Bertz CT molecular complexity index is 823. The van der Waals surface area contributed by atoms with Crippen LogP contribution in [0, 0.1) is 17.8 Å². The number of hydrogen-bond acceptors (Lipinski definition) is 6. The standard InChI is InChI=1S/C25H39BN2O5/c1-23(2,3)27-22(29)31-16-21-19-14-28(15-20(19)21)12-13-30-18-10-8-17(9-11-18)26-32-24(4,5)25(6,7)33-26/h8-11,19-21H,12-16H2,1-7H3,(H,27,29). The molecule has 8 heteroatoms. The highest BCUT2D eigenvalue weighted by Crippen LogP contribution is 2.51. The number of benzene rings is 1. The number of hydrogen-bond donors (Lipinski definition) is 1. The van der Waals surface area contributed by atoms with Crippen LogP contribution in [0.2, 0.25) is 0 Å². The molecular weight excluding hydrogens is 419 g/mol. The van der Waals surface area contributed by atoms with E-state index in [0.717, 1.165) is 30.8 Å². The van der Waals surface area contributed by atoms with Gasteiger partial charge in [0.25, 0.3) is 0 Å². The van der Waals surface area contributed by atoms with Crippen molar-refractivity contribution in [2.24, 2.45) is 17.8 Å². The number of piperidine rings is 1. The van der Waals surface area contributed by atoms with Crippen LogP contribution < -0.4 is 15.5 Å². The molecular formula is C25H39BN2O5. The second-order valence-electron chi connectivity index (χ2n) is 11.7. The second-order valence-corrected chi connectivity index (χ2v) is 11.7. The van der Waals surface area contributed by atoms with Gasteiger partial charge in [-0.15, -0.1) is 0 Å². The Labute approximate surface area is 198 Å². The number of ether oxygens (including phenoxy) is 2. The van der Waals surface area contributed by atoms with Gasteiger partial charge in [-0.25, -0.2) is 4.79 Å². The highest BCUT2D eigenvalue weighted by molar-refractivity contribution is 6.62. The predicted octanol–water partition coefficient (Wildman–Crippen LogP) is 3.07. The van der Waals surface area contributed by atoms with Crippen molar-refractivity contribution in [2.45, 2.75) is 65.2 Å². The first-order valence-electron chi connectivity index (χ1n) is 12.1. The van der Waals surface area contributed by atoms with Gasteiger partial charge in [-0.3, -0.25) is 4.90 Å². The molecule has 2 atom stereocenters. The van der Waals surface area contributed by atoms with Crippen molar-refractivity contribution in [3.8, 4) is 5.75 Å². The molecule has 0 spiro atoms. The Balaban J connectivity index is 1.13. The molecule has 2 aliphatic heterocycles. The van der Waals surface area contributed by atoms with Crippen molar-refractivity contribution < 1.29 is 23.6 Å². The first-order chi connectivity index (χ1) is 15.3. The maximum absolute atomic E-state index is 11.8. The molecule has 0 bridgehead atoms. The smallest absolute Gasteiger partial charge is 0.492 e. The maximum Gasteiger partial charge on any atom is 0.494 e. The number of likely N-dealkylation sites (tertiary alicyclic amines) is 1. The number of amides is 1. The SMILES string of the molecule is CC(C)(C)NC(=O)OCC1C2CN(CCOc3ccc(B4OC(C)(C)C(C)(C)O4)cc3)CC12. The zero-order valence-corrected chi connectivity index (χ0v) is 21.1. The van der Waals surface area contributed by atoms with Gasteiger partial charge >= 0.3 is 13.2 Å². The topological polar surface area (TPSA) is 69.3 Å². The van der Waals surface area contributed by atoms with Crippen molar-refractivity contribution in [1.82, 2.24) is 10.2 Å². The van der Waals surface area contributed by atoms with Crippen LogP contribution in [0.5, 0.6) is 5.75 Å². The molecule has 0 radical (unpaired) electrons. The molecule has 0 aromatic heterocycles. The quantitative estimate of drug-likeness (QED) is 0.634. The molecule has 33 heavy (non-hydrogen) atoms. The summed E-state index contributed by atoms with van der Waals surface area (Å²) in [5.41, 5.74) is 0.0603. The molecule has 7 nitrogen and oxygen atoms in total. The van der Waals surface area contributed by atoms with Crippen LogP contribution in [-0.2, 0) is 14.0 Å². The number of alkyl carbamates (subject to hydrolysis) is 1. The van der Waals surface area contributed by atoms with E-state index in [0.29, 0.717) is 31.0 Å². The van der Waals surface area contributed by atoms with Crippen LogP contribution in [0.1, 0.15) is 48.5 Å². The average Bonchev–Trinajstić information content (AvgIpc) is 3.03. The van der Waals surface area contributed by atoms with Gasteiger partial charge in [0, 0.05) is 31.1 Å². The van der Waals surface area contributed by atoms with Crippen LogP contribution in [0.4, 0.5) is 4.79 Å². The van der Waals surface area contributed by atoms with Crippen LogP contribution in [0.3, 0.4) is 0 Å². The summed E-state index contributed by atoms with van der Waals surface area (Å²) < 4.78 is 23.6. The number of carbonyl (C=O) groups excluding carboxylic acids is 1. The van der Waals surface area contributed by atoms with E-state index in [-0.39, 0.29) is 30.0 Å². The lowest BCUT2D eigenvalue weighted by molar-refractivity contribution is 0.00578. The molecule has 182 valence electrons. The van der Waals surface area contributed by atoms with Gasteiger partial charge < -0.3 is 24.1 Å². The van der Waals surface area contributed by atoms with Crippen LogP contribution in [0.15, 0.2) is 24.3 Å². The minimum absolute atomic E-state index is 0.264. The molecule has 1 aliphatic carbocycles. The molecule has 2 heterocycles. The highest BCUT2D eigenvalue weighted by Gasteiger charge is 2.56. The van der Waals surface area contributed by atoms with Gasteiger partial charge in [0.2, 0.25) is 0 Å². The Kier molecular flexibility index (Phi) is 6.49. The maximum atomic E-state index is 11.8. The fourth-order valence-electron chi connectivity index (χ4n) is 4.67. The Morgan fingerprint density at radius 3 is 2.21 bits per heavy atom. The van der Waals surface area contributed by atoms with Crippen LogP contribution in [0.25, 0.3) is 0 Å². The number of fused-ring (bicyclic) bond motifs is 1. The van der Waals surface area contributed by atoms with E-state index in [1.165, 1.54) is 0 Å². The summed E-state index contributed by atoms with van der Waals surface area (Å²) in [4.78, 5) is 14.3. The van der Waals surface area contributed by atoms with Crippen molar-refractivity contribution in [3.63, 3.8) is 0 Å². The van der Waals surface area contributed by atoms with Crippen molar-refractivity contribution >= 4 is 18.7 Å². The lowest BCUT2D eigenvalue weighted by Crippen LogP contribution is -2.41. The molecule has 1 aromatic carbocycles. The van der Waals surface area contributed by atoms with E-state index < -0.39 is 0 Å². The zero-order chi connectivity index (χ0) is 24.0. The van der Waals surface area contributed by atoms with E-state index in [2.05, 4.69) is 37.9 Å². The van der Waals surface area contributed by atoms with Crippen LogP contribution in [-0.4, -0.2) is 67.7 Å². The van der Waals surface area contributed by atoms with Crippen molar-refractivity contribution in [3.05, 3.63) is 24.3 Å². The van der Waals surface area contributed by atoms with Gasteiger partial charge in [-0.1, -0.05) is 12.1 Å². The number of rotatable bonds is 7. The normalized spacial score (nSPS) is 27.8.